The lowest BCUT2D eigenvalue weighted by Gasteiger charge is -2.21. The van der Waals surface area contributed by atoms with Gasteiger partial charge in [-0.25, -0.2) is 0 Å². The Hall–Kier alpha value is -0.390. The molecule has 6 heteroatoms. The third-order valence-electron chi connectivity index (χ3n) is 1.21. The SMILES string of the molecule is CCC(C([O])(F)F)C(F)(F)F. The molecule has 0 fully saturated rings. The first-order valence-electron chi connectivity index (χ1n) is 2.84. The number of halogens is 5. The van der Waals surface area contributed by atoms with E-state index in [1.807, 2.05) is 0 Å². The van der Waals surface area contributed by atoms with E-state index in [1.54, 1.807) is 0 Å². The summed E-state index contributed by atoms with van der Waals surface area (Å²) in [6, 6.07) is 0. The van der Waals surface area contributed by atoms with E-state index in [2.05, 4.69) is 0 Å². The Morgan fingerprint density at radius 3 is 1.55 bits per heavy atom. The Morgan fingerprint density at radius 1 is 1.18 bits per heavy atom. The van der Waals surface area contributed by atoms with Crippen LogP contribution in [-0.2, 0) is 5.11 Å². The van der Waals surface area contributed by atoms with Crippen LogP contribution >= 0.6 is 0 Å². The van der Waals surface area contributed by atoms with Crippen LogP contribution in [0.25, 0.3) is 0 Å². The van der Waals surface area contributed by atoms with Gasteiger partial charge in [0.2, 0.25) is 0 Å². The van der Waals surface area contributed by atoms with E-state index >= 15 is 0 Å². The van der Waals surface area contributed by atoms with Crippen molar-refractivity contribution in [3.05, 3.63) is 0 Å². The molecule has 0 heterocycles. The minimum absolute atomic E-state index is 0.893. The molecule has 0 amide bonds. The molecule has 1 unspecified atom stereocenters. The van der Waals surface area contributed by atoms with Crippen LogP contribution < -0.4 is 0 Å². The predicted molar refractivity (Wildman–Crippen MR) is 25.5 cm³/mol. The summed E-state index contributed by atoms with van der Waals surface area (Å²) in [5, 5.41) is 9.63. The molecular weight excluding hydrogens is 171 g/mol. The lowest BCUT2D eigenvalue weighted by Crippen LogP contribution is -2.37. The van der Waals surface area contributed by atoms with E-state index in [0.29, 0.717) is 0 Å². The Bertz CT molecular complexity index is 110. The molecule has 0 aliphatic heterocycles. The standard InChI is InChI=1S/C5H6F5O/c1-2-3(4(6,7)8)5(9,10)11/h3H,2H2,1H3. The first-order chi connectivity index (χ1) is 4.69. The molecule has 0 saturated heterocycles. The maximum absolute atomic E-state index is 11.6. The first-order valence-corrected chi connectivity index (χ1v) is 2.84. The summed E-state index contributed by atoms with van der Waals surface area (Å²) in [5.74, 6) is -3.07. The van der Waals surface area contributed by atoms with Crippen molar-refractivity contribution >= 4 is 0 Å². The van der Waals surface area contributed by atoms with Crippen molar-refractivity contribution in [1.82, 2.24) is 0 Å². The molecule has 0 aromatic carbocycles. The number of hydrogen-bond donors (Lipinski definition) is 0. The van der Waals surface area contributed by atoms with Crippen LogP contribution in [-0.4, -0.2) is 12.3 Å². The molecule has 0 saturated carbocycles. The molecule has 0 rings (SSSR count). The summed E-state index contributed by atoms with van der Waals surface area (Å²) < 4.78 is 57.8. The maximum Gasteiger partial charge on any atom is 0.400 e. The average molecular weight is 177 g/mol. The van der Waals surface area contributed by atoms with Gasteiger partial charge in [0.15, 0.2) is 0 Å². The minimum atomic E-state index is -5.11. The van der Waals surface area contributed by atoms with Crippen molar-refractivity contribution in [3.63, 3.8) is 0 Å². The highest BCUT2D eigenvalue weighted by atomic mass is 19.4. The number of alkyl halides is 5. The highest BCUT2D eigenvalue weighted by Gasteiger charge is 2.54. The van der Waals surface area contributed by atoms with Gasteiger partial charge >= 0.3 is 12.3 Å². The quantitative estimate of drug-likeness (QED) is 0.577. The van der Waals surface area contributed by atoms with Crippen molar-refractivity contribution in [2.45, 2.75) is 25.6 Å². The summed E-state index contributed by atoms with van der Waals surface area (Å²) in [6.07, 6.45) is -10.9. The molecule has 0 bridgehead atoms. The average Bonchev–Trinajstić information content (AvgIpc) is 1.56. The third-order valence-corrected chi connectivity index (χ3v) is 1.21. The largest absolute Gasteiger partial charge is 0.400 e. The van der Waals surface area contributed by atoms with Crippen LogP contribution in [0.4, 0.5) is 22.0 Å². The molecule has 0 aromatic heterocycles. The van der Waals surface area contributed by atoms with Crippen molar-refractivity contribution in [2.24, 2.45) is 5.92 Å². The summed E-state index contributed by atoms with van der Waals surface area (Å²) in [7, 11) is 0. The summed E-state index contributed by atoms with van der Waals surface area (Å²) in [5.41, 5.74) is 0. The molecule has 0 aliphatic rings. The van der Waals surface area contributed by atoms with Gasteiger partial charge in [0, 0.05) is 0 Å². The summed E-state index contributed by atoms with van der Waals surface area (Å²) in [6.45, 7) is 0.893. The van der Waals surface area contributed by atoms with Gasteiger partial charge in [0.05, 0.1) is 0 Å². The van der Waals surface area contributed by atoms with E-state index in [1.165, 1.54) is 0 Å². The van der Waals surface area contributed by atoms with Gasteiger partial charge in [-0.1, -0.05) is 6.92 Å². The molecule has 0 aliphatic carbocycles. The van der Waals surface area contributed by atoms with E-state index in [0.717, 1.165) is 6.92 Å². The van der Waals surface area contributed by atoms with Crippen LogP contribution in [0.3, 0.4) is 0 Å². The Kier molecular flexibility index (Phi) is 2.82. The third kappa shape index (κ3) is 3.00. The monoisotopic (exact) mass is 177 g/mol. The van der Waals surface area contributed by atoms with Crippen LogP contribution in [0, 0.1) is 5.92 Å². The van der Waals surface area contributed by atoms with Crippen molar-refractivity contribution < 1.29 is 27.1 Å². The Labute approximate surface area is 59.8 Å². The fourth-order valence-electron chi connectivity index (χ4n) is 0.660. The Balaban J connectivity index is 4.43. The zero-order valence-corrected chi connectivity index (χ0v) is 5.58. The van der Waals surface area contributed by atoms with Gasteiger partial charge in [-0.2, -0.15) is 27.1 Å². The molecule has 67 valence electrons. The molecule has 11 heavy (non-hydrogen) atoms. The zero-order chi connectivity index (χ0) is 9.28. The van der Waals surface area contributed by atoms with E-state index in [-0.39, 0.29) is 0 Å². The molecule has 0 spiro atoms. The van der Waals surface area contributed by atoms with Crippen molar-refractivity contribution in [3.8, 4) is 0 Å². The van der Waals surface area contributed by atoms with Crippen LogP contribution in [0.5, 0.6) is 0 Å². The van der Waals surface area contributed by atoms with Crippen LogP contribution in [0.15, 0.2) is 0 Å². The minimum Gasteiger partial charge on any atom is -0.173 e. The van der Waals surface area contributed by atoms with Gasteiger partial charge in [-0.15, -0.1) is 0 Å². The van der Waals surface area contributed by atoms with Crippen LogP contribution in [0.1, 0.15) is 13.3 Å². The molecular formula is C5H6F5O. The van der Waals surface area contributed by atoms with Gasteiger partial charge in [-0.3, -0.25) is 0 Å². The molecule has 1 nitrogen and oxygen atoms in total. The van der Waals surface area contributed by atoms with E-state index < -0.39 is 24.6 Å². The maximum atomic E-state index is 11.6. The summed E-state index contributed by atoms with van der Waals surface area (Å²) >= 11 is 0. The second-order valence-corrected chi connectivity index (χ2v) is 2.06. The highest BCUT2D eigenvalue weighted by Crippen LogP contribution is 2.38. The lowest BCUT2D eigenvalue weighted by atomic mass is 10.1. The van der Waals surface area contributed by atoms with Crippen LogP contribution in [0.2, 0.25) is 0 Å². The molecule has 1 atom stereocenters. The van der Waals surface area contributed by atoms with Crippen molar-refractivity contribution in [2.75, 3.05) is 0 Å². The van der Waals surface area contributed by atoms with Gasteiger partial charge in [-0.05, 0) is 6.42 Å². The zero-order valence-electron chi connectivity index (χ0n) is 5.58. The first kappa shape index (κ1) is 10.6. The lowest BCUT2D eigenvalue weighted by molar-refractivity contribution is -0.340. The second-order valence-electron chi connectivity index (χ2n) is 2.06. The molecule has 1 radical (unpaired) electrons. The van der Waals surface area contributed by atoms with Gasteiger partial charge < -0.3 is 0 Å². The second kappa shape index (κ2) is 2.92. The smallest absolute Gasteiger partial charge is 0.173 e. The predicted octanol–water partition coefficient (Wildman–Crippen LogP) is 2.60. The number of hydrogen-bond acceptors (Lipinski definition) is 0. The number of rotatable bonds is 2. The van der Waals surface area contributed by atoms with E-state index in [4.69, 9.17) is 0 Å². The highest BCUT2D eigenvalue weighted by molar-refractivity contribution is 4.72. The fourth-order valence-corrected chi connectivity index (χ4v) is 0.660. The van der Waals surface area contributed by atoms with E-state index in [9.17, 15) is 27.1 Å². The van der Waals surface area contributed by atoms with Gasteiger partial charge in [0.1, 0.15) is 5.92 Å². The van der Waals surface area contributed by atoms with Crippen molar-refractivity contribution in [1.29, 1.82) is 0 Å². The topological polar surface area (TPSA) is 19.9 Å². The molecule has 0 aromatic rings. The Morgan fingerprint density at radius 2 is 1.55 bits per heavy atom. The normalized spacial score (nSPS) is 16.6. The summed E-state index contributed by atoms with van der Waals surface area (Å²) in [4.78, 5) is 0. The fraction of sp³-hybridized carbons (Fsp3) is 1.00. The van der Waals surface area contributed by atoms with Gasteiger partial charge in [0.25, 0.3) is 0 Å². The molecule has 0 N–H and O–H groups in total.